The third-order valence-electron chi connectivity index (χ3n) is 1.19. The van der Waals surface area contributed by atoms with Gasteiger partial charge in [0.05, 0.1) is 0 Å². The van der Waals surface area contributed by atoms with Crippen molar-refractivity contribution in [1.29, 1.82) is 0 Å². The molecule has 0 aliphatic carbocycles. The topological polar surface area (TPSA) is 136 Å². The fourth-order valence-corrected chi connectivity index (χ4v) is 0.688. The first-order chi connectivity index (χ1) is 6.00. The molecule has 0 saturated carbocycles. The van der Waals surface area contributed by atoms with E-state index in [1.54, 1.807) is 0 Å². The lowest BCUT2D eigenvalue weighted by Gasteiger charge is -1.94. The second kappa shape index (κ2) is 4.19. The smallest absolute Gasteiger partial charge is 0.371 e. The summed E-state index contributed by atoms with van der Waals surface area (Å²) in [5.41, 5.74) is -0.721. The number of carboxylic acid groups (broad SMARTS) is 2. The lowest BCUT2D eigenvalue weighted by molar-refractivity contribution is 0.0623. The van der Waals surface area contributed by atoms with E-state index in [1.165, 1.54) is 0 Å². The molecule has 0 aliphatic rings. The quantitative estimate of drug-likeness (QED) is 0.644. The van der Waals surface area contributed by atoms with E-state index >= 15 is 0 Å². The Morgan fingerprint density at radius 1 is 1.07 bits per heavy atom. The molecule has 0 unspecified atom stereocenters. The molecule has 1 rings (SSSR count). The summed E-state index contributed by atoms with van der Waals surface area (Å²) in [6.07, 6.45) is 0. The van der Waals surface area contributed by atoms with Crippen LogP contribution in [0, 0.1) is 0 Å². The van der Waals surface area contributed by atoms with Gasteiger partial charge in [-0.15, -0.1) is 0 Å². The molecule has 7 heteroatoms. The largest absolute Gasteiger partial charge is 0.475 e. The molecule has 0 aliphatic heterocycles. The Morgan fingerprint density at radius 2 is 1.43 bits per heavy atom. The molecule has 0 amide bonds. The van der Waals surface area contributed by atoms with Gasteiger partial charge in [-0.2, -0.15) is 0 Å². The van der Waals surface area contributed by atoms with E-state index in [9.17, 15) is 14.4 Å². The van der Waals surface area contributed by atoms with E-state index in [4.69, 9.17) is 10.2 Å². The van der Waals surface area contributed by atoms with Crippen molar-refractivity contribution < 1.29 is 29.7 Å². The lowest BCUT2D eigenvalue weighted by Crippen LogP contribution is -2.09. The average Bonchev–Trinajstić information content (AvgIpc) is 2.03. The van der Waals surface area contributed by atoms with Crippen LogP contribution >= 0.6 is 0 Å². The number of rotatable bonds is 2. The monoisotopic (exact) mass is 202 g/mol. The molecule has 14 heavy (non-hydrogen) atoms. The van der Waals surface area contributed by atoms with Crippen molar-refractivity contribution in [3.05, 3.63) is 33.9 Å². The fraction of sp³-hybridized carbons (Fsp3) is 0. The maximum absolute atomic E-state index is 10.7. The number of hydrogen-bond acceptors (Lipinski definition) is 4. The lowest BCUT2D eigenvalue weighted by atomic mass is 10.3. The van der Waals surface area contributed by atoms with Gasteiger partial charge in [0, 0.05) is 12.1 Å². The number of aromatic carboxylic acids is 2. The van der Waals surface area contributed by atoms with E-state index in [2.05, 4.69) is 4.42 Å². The molecule has 1 heterocycles. The molecule has 7 nitrogen and oxygen atoms in total. The van der Waals surface area contributed by atoms with Crippen LogP contribution in [0.1, 0.15) is 21.1 Å². The van der Waals surface area contributed by atoms with Crippen molar-refractivity contribution in [2.45, 2.75) is 0 Å². The summed E-state index contributed by atoms with van der Waals surface area (Å²) >= 11 is 0. The molecule has 0 radical (unpaired) electrons. The van der Waals surface area contributed by atoms with Gasteiger partial charge in [-0.3, -0.25) is 4.79 Å². The highest BCUT2D eigenvalue weighted by molar-refractivity contribution is 5.87. The van der Waals surface area contributed by atoms with Crippen LogP contribution in [0.2, 0.25) is 0 Å². The first-order valence-electron chi connectivity index (χ1n) is 3.12. The molecular formula is C7H6O7. The average molecular weight is 202 g/mol. The Balaban J connectivity index is 0.00000169. The van der Waals surface area contributed by atoms with Gasteiger partial charge in [0.2, 0.25) is 11.5 Å². The third kappa shape index (κ3) is 2.42. The van der Waals surface area contributed by atoms with Crippen LogP contribution in [-0.2, 0) is 0 Å². The number of carboxylic acids is 2. The Morgan fingerprint density at radius 3 is 1.71 bits per heavy atom. The Hall–Kier alpha value is -2.15. The van der Waals surface area contributed by atoms with Crippen LogP contribution in [0.5, 0.6) is 0 Å². The molecule has 0 atom stereocenters. The molecule has 76 valence electrons. The number of carbonyl (C=O) groups is 2. The van der Waals surface area contributed by atoms with Gasteiger partial charge >= 0.3 is 11.9 Å². The normalized spacial score (nSPS) is 8.86. The highest BCUT2D eigenvalue weighted by Gasteiger charge is 2.12. The molecule has 1 aromatic rings. The van der Waals surface area contributed by atoms with Crippen LogP contribution in [-0.4, -0.2) is 27.6 Å². The summed E-state index contributed by atoms with van der Waals surface area (Å²) in [5.74, 6) is -4.35. The van der Waals surface area contributed by atoms with Gasteiger partial charge in [0.25, 0.3) is 0 Å². The summed E-state index contributed by atoms with van der Waals surface area (Å²) in [6, 6.07) is 1.41. The van der Waals surface area contributed by atoms with Gasteiger partial charge < -0.3 is 20.1 Å². The molecule has 4 N–H and O–H groups in total. The van der Waals surface area contributed by atoms with Crippen molar-refractivity contribution in [2.24, 2.45) is 0 Å². The summed E-state index contributed by atoms with van der Waals surface area (Å²) in [5, 5.41) is 16.8. The van der Waals surface area contributed by atoms with Crippen LogP contribution < -0.4 is 5.43 Å². The zero-order valence-corrected chi connectivity index (χ0v) is 6.68. The van der Waals surface area contributed by atoms with Gasteiger partial charge in [-0.05, 0) is 0 Å². The van der Waals surface area contributed by atoms with Gasteiger partial charge in [0.15, 0.2) is 5.43 Å². The minimum Gasteiger partial charge on any atom is -0.475 e. The van der Waals surface area contributed by atoms with E-state index in [1.807, 2.05) is 0 Å². The van der Waals surface area contributed by atoms with Gasteiger partial charge in [-0.25, -0.2) is 9.59 Å². The Kier molecular flexibility index (Phi) is 3.55. The first-order valence-corrected chi connectivity index (χ1v) is 3.12. The Bertz CT molecular complexity index is 381. The molecule has 0 bridgehead atoms. The molecule has 0 aromatic carbocycles. The maximum Gasteiger partial charge on any atom is 0.371 e. The van der Waals surface area contributed by atoms with E-state index in [0.29, 0.717) is 12.1 Å². The van der Waals surface area contributed by atoms with Gasteiger partial charge in [-0.1, -0.05) is 0 Å². The third-order valence-corrected chi connectivity index (χ3v) is 1.19. The van der Waals surface area contributed by atoms with Crippen LogP contribution in [0.25, 0.3) is 0 Å². The molecule has 1 aromatic heterocycles. The van der Waals surface area contributed by atoms with Crippen LogP contribution in [0.4, 0.5) is 0 Å². The van der Waals surface area contributed by atoms with Gasteiger partial charge in [0.1, 0.15) is 0 Å². The predicted molar refractivity (Wildman–Crippen MR) is 42.5 cm³/mol. The molecular weight excluding hydrogens is 196 g/mol. The summed E-state index contributed by atoms with van der Waals surface area (Å²) < 4.78 is 4.38. The minimum atomic E-state index is -1.49. The summed E-state index contributed by atoms with van der Waals surface area (Å²) in [4.78, 5) is 31.3. The van der Waals surface area contributed by atoms with E-state index in [0.717, 1.165) is 0 Å². The van der Waals surface area contributed by atoms with Crippen molar-refractivity contribution in [3.8, 4) is 0 Å². The van der Waals surface area contributed by atoms with Crippen molar-refractivity contribution in [1.82, 2.24) is 0 Å². The predicted octanol–water partition coefficient (Wildman–Crippen LogP) is -0.788. The van der Waals surface area contributed by atoms with Crippen LogP contribution in [0.3, 0.4) is 0 Å². The second-order valence-corrected chi connectivity index (χ2v) is 2.13. The minimum absolute atomic E-state index is 0. The molecule has 0 fully saturated rings. The second-order valence-electron chi connectivity index (χ2n) is 2.13. The molecule has 0 spiro atoms. The van der Waals surface area contributed by atoms with Crippen molar-refractivity contribution in [2.75, 3.05) is 0 Å². The Labute approximate surface area is 76.5 Å². The fourth-order valence-electron chi connectivity index (χ4n) is 0.688. The SMILES string of the molecule is O.O=C(O)c1cc(=O)cc(C(=O)O)o1. The highest BCUT2D eigenvalue weighted by atomic mass is 16.4. The van der Waals surface area contributed by atoms with Crippen molar-refractivity contribution in [3.63, 3.8) is 0 Å². The zero-order valence-electron chi connectivity index (χ0n) is 6.68. The summed E-state index contributed by atoms with van der Waals surface area (Å²) in [6.45, 7) is 0. The standard InChI is InChI=1S/C7H4O6.H2O/c8-3-1-4(6(9)10)13-5(2-3)7(11)12;/h1-2H,(H,9,10)(H,11,12);1H2. The van der Waals surface area contributed by atoms with E-state index in [-0.39, 0.29) is 5.48 Å². The maximum atomic E-state index is 10.7. The molecule has 0 saturated heterocycles. The number of hydrogen-bond donors (Lipinski definition) is 2. The van der Waals surface area contributed by atoms with E-state index < -0.39 is 28.9 Å². The summed E-state index contributed by atoms with van der Waals surface area (Å²) in [7, 11) is 0. The van der Waals surface area contributed by atoms with Crippen molar-refractivity contribution >= 4 is 11.9 Å². The zero-order chi connectivity index (χ0) is 10.0. The first kappa shape index (κ1) is 11.8. The van der Waals surface area contributed by atoms with Crippen LogP contribution in [0.15, 0.2) is 21.3 Å². The highest BCUT2D eigenvalue weighted by Crippen LogP contribution is 2.01.